The molecule has 2 aromatic carbocycles. The van der Waals surface area contributed by atoms with E-state index in [0.717, 1.165) is 42.6 Å². The van der Waals surface area contributed by atoms with Crippen LogP contribution in [0.2, 0.25) is 0 Å². The number of rotatable bonds is 7. The Morgan fingerprint density at radius 3 is 2.43 bits per heavy atom. The summed E-state index contributed by atoms with van der Waals surface area (Å²) in [5.74, 6) is -0.196. The Labute approximate surface area is 177 Å². The summed E-state index contributed by atoms with van der Waals surface area (Å²) < 4.78 is 0. The Balaban J connectivity index is 1.45. The van der Waals surface area contributed by atoms with Gasteiger partial charge in [0.1, 0.15) is 0 Å². The molecule has 0 unspecified atom stereocenters. The summed E-state index contributed by atoms with van der Waals surface area (Å²) in [5, 5.41) is 5.76. The molecule has 0 spiro atoms. The van der Waals surface area contributed by atoms with Gasteiger partial charge in [0.15, 0.2) is 5.78 Å². The minimum absolute atomic E-state index is 0.0279. The third-order valence-electron chi connectivity index (χ3n) is 5.47. The second kappa shape index (κ2) is 10.1. The highest BCUT2D eigenvalue weighted by molar-refractivity contribution is 5.98. The van der Waals surface area contributed by atoms with Crippen LogP contribution in [0.25, 0.3) is 0 Å². The van der Waals surface area contributed by atoms with Crippen LogP contribution in [0.1, 0.15) is 52.7 Å². The summed E-state index contributed by atoms with van der Waals surface area (Å²) in [6, 6.07) is 13.0. The van der Waals surface area contributed by atoms with Crippen molar-refractivity contribution in [3.05, 3.63) is 64.7 Å². The van der Waals surface area contributed by atoms with E-state index in [4.69, 9.17) is 0 Å². The van der Waals surface area contributed by atoms with Crippen molar-refractivity contribution < 1.29 is 14.4 Å². The number of hydrogen-bond acceptors (Lipinski definition) is 3. The number of nitrogens with one attached hydrogen (secondary N) is 2. The Hall–Kier alpha value is -3.15. The lowest BCUT2D eigenvalue weighted by Crippen LogP contribution is -2.32. The minimum atomic E-state index is -0.168. The van der Waals surface area contributed by atoms with Gasteiger partial charge in [-0.1, -0.05) is 24.3 Å². The number of hydrogen-bond donors (Lipinski definition) is 2. The van der Waals surface area contributed by atoms with Crippen molar-refractivity contribution in [2.45, 2.75) is 46.1 Å². The van der Waals surface area contributed by atoms with Crippen LogP contribution in [0, 0.1) is 13.8 Å². The van der Waals surface area contributed by atoms with Gasteiger partial charge in [-0.05, 0) is 61.6 Å². The molecule has 6 nitrogen and oxygen atoms in total. The van der Waals surface area contributed by atoms with Gasteiger partial charge in [0.05, 0.1) is 0 Å². The lowest BCUT2D eigenvalue weighted by atomic mass is 10.0. The highest BCUT2D eigenvalue weighted by atomic mass is 16.2. The van der Waals surface area contributed by atoms with Crippen LogP contribution in [-0.4, -0.2) is 35.7 Å². The van der Waals surface area contributed by atoms with Crippen LogP contribution in [0.5, 0.6) is 0 Å². The number of Topliss-reactive ketones (excluding diaryl/α,β-unsaturated/α-hetero) is 1. The third-order valence-corrected chi connectivity index (χ3v) is 5.47. The van der Waals surface area contributed by atoms with Crippen LogP contribution in [0.15, 0.2) is 42.5 Å². The summed E-state index contributed by atoms with van der Waals surface area (Å²) >= 11 is 0. The number of carbonyl (C=O) groups excluding carboxylic acids is 3. The van der Waals surface area contributed by atoms with Crippen LogP contribution in [0.4, 0.5) is 10.5 Å². The topological polar surface area (TPSA) is 78.5 Å². The molecule has 1 heterocycles. The fourth-order valence-electron chi connectivity index (χ4n) is 3.46. The first kappa shape index (κ1) is 21.6. The van der Waals surface area contributed by atoms with Gasteiger partial charge in [-0.15, -0.1) is 0 Å². The van der Waals surface area contributed by atoms with Gasteiger partial charge in [0.25, 0.3) is 0 Å². The number of aryl methyl sites for hydroxylation is 2. The molecule has 0 atom stereocenters. The number of likely N-dealkylation sites (tertiary alicyclic amines) is 1. The number of nitrogens with zero attached hydrogens (tertiary/aromatic N) is 1. The van der Waals surface area contributed by atoms with Crippen LogP contribution < -0.4 is 10.6 Å². The van der Waals surface area contributed by atoms with Crippen molar-refractivity contribution in [2.24, 2.45) is 0 Å². The van der Waals surface area contributed by atoms with Crippen LogP contribution >= 0.6 is 0 Å². The van der Waals surface area contributed by atoms with E-state index in [0.29, 0.717) is 17.8 Å². The minimum Gasteiger partial charge on any atom is -0.352 e. The Bertz CT molecular complexity index is 933. The van der Waals surface area contributed by atoms with Crippen LogP contribution in [-0.2, 0) is 11.3 Å². The molecule has 3 amide bonds. The van der Waals surface area contributed by atoms with Crippen molar-refractivity contribution in [3.63, 3.8) is 0 Å². The molecule has 0 aromatic heterocycles. The molecule has 2 N–H and O–H groups in total. The van der Waals surface area contributed by atoms with Crippen molar-refractivity contribution in [1.82, 2.24) is 10.2 Å². The van der Waals surface area contributed by atoms with E-state index in [1.54, 1.807) is 4.90 Å². The predicted octanol–water partition coefficient (Wildman–Crippen LogP) is 4.21. The maximum atomic E-state index is 12.3. The van der Waals surface area contributed by atoms with E-state index in [1.807, 2.05) is 56.3 Å². The van der Waals surface area contributed by atoms with Crippen molar-refractivity contribution in [3.8, 4) is 0 Å². The number of urea groups is 1. The van der Waals surface area contributed by atoms with Crippen LogP contribution in [0.3, 0.4) is 0 Å². The number of benzene rings is 2. The smallest absolute Gasteiger partial charge is 0.321 e. The Kier molecular flexibility index (Phi) is 7.22. The van der Waals surface area contributed by atoms with Gasteiger partial charge in [-0.3, -0.25) is 9.59 Å². The fourth-order valence-corrected chi connectivity index (χ4v) is 3.46. The van der Waals surface area contributed by atoms with E-state index in [-0.39, 0.29) is 30.6 Å². The summed E-state index contributed by atoms with van der Waals surface area (Å²) in [6.07, 6.45) is 2.43. The monoisotopic (exact) mass is 407 g/mol. The molecule has 1 aliphatic rings. The van der Waals surface area contributed by atoms with Crippen molar-refractivity contribution in [1.29, 1.82) is 0 Å². The standard InChI is InChI=1S/C24H29N3O3/c1-17-8-9-20(14-18(17)2)22(28)10-11-23(29)25-16-19-6-5-7-21(15-19)26-24(30)27-12-3-4-13-27/h5-9,14-15H,3-4,10-13,16H2,1-2H3,(H,25,29)(H,26,30). The first-order valence-electron chi connectivity index (χ1n) is 10.4. The normalized spacial score (nSPS) is 13.2. The van der Waals surface area contributed by atoms with Gasteiger partial charge in [-0.25, -0.2) is 4.79 Å². The van der Waals surface area contributed by atoms with E-state index in [9.17, 15) is 14.4 Å². The molecule has 0 bridgehead atoms. The predicted molar refractivity (Wildman–Crippen MR) is 118 cm³/mol. The van der Waals surface area contributed by atoms with E-state index in [2.05, 4.69) is 10.6 Å². The third kappa shape index (κ3) is 5.92. The average Bonchev–Trinajstić information content (AvgIpc) is 3.28. The van der Waals surface area contributed by atoms with Crippen molar-refractivity contribution >= 4 is 23.4 Å². The van der Waals surface area contributed by atoms with E-state index in [1.165, 1.54) is 0 Å². The first-order valence-corrected chi connectivity index (χ1v) is 10.4. The molecule has 0 aliphatic carbocycles. The molecule has 1 saturated heterocycles. The highest BCUT2D eigenvalue weighted by Crippen LogP contribution is 2.15. The largest absolute Gasteiger partial charge is 0.352 e. The molecule has 2 aromatic rings. The van der Waals surface area contributed by atoms with Gasteiger partial charge < -0.3 is 15.5 Å². The summed E-state index contributed by atoms with van der Waals surface area (Å²) in [7, 11) is 0. The number of amides is 3. The number of anilines is 1. The zero-order chi connectivity index (χ0) is 21.5. The van der Waals surface area contributed by atoms with E-state index >= 15 is 0 Å². The first-order chi connectivity index (χ1) is 14.4. The van der Waals surface area contributed by atoms with Gasteiger partial charge in [-0.2, -0.15) is 0 Å². The second-order valence-corrected chi connectivity index (χ2v) is 7.82. The van der Waals surface area contributed by atoms with Gasteiger partial charge in [0.2, 0.25) is 5.91 Å². The molecule has 6 heteroatoms. The quantitative estimate of drug-likeness (QED) is 0.675. The lowest BCUT2D eigenvalue weighted by molar-refractivity contribution is -0.121. The summed E-state index contributed by atoms with van der Waals surface area (Å²) in [4.78, 5) is 38.5. The maximum Gasteiger partial charge on any atom is 0.321 e. The molecule has 3 rings (SSSR count). The van der Waals surface area contributed by atoms with E-state index < -0.39 is 0 Å². The zero-order valence-electron chi connectivity index (χ0n) is 17.7. The average molecular weight is 408 g/mol. The molecular weight excluding hydrogens is 378 g/mol. The molecule has 30 heavy (non-hydrogen) atoms. The van der Waals surface area contributed by atoms with Gasteiger partial charge >= 0.3 is 6.03 Å². The Morgan fingerprint density at radius 2 is 1.70 bits per heavy atom. The summed E-state index contributed by atoms with van der Waals surface area (Å²) in [5.41, 5.74) is 4.46. The maximum absolute atomic E-state index is 12.3. The van der Waals surface area contributed by atoms with Crippen molar-refractivity contribution in [2.75, 3.05) is 18.4 Å². The second-order valence-electron chi connectivity index (χ2n) is 7.82. The zero-order valence-corrected chi connectivity index (χ0v) is 17.7. The number of carbonyl (C=O) groups is 3. The SMILES string of the molecule is Cc1ccc(C(=O)CCC(=O)NCc2cccc(NC(=O)N3CCCC3)c2)cc1C. The Morgan fingerprint density at radius 1 is 0.933 bits per heavy atom. The molecular formula is C24H29N3O3. The van der Waals surface area contributed by atoms with Gasteiger partial charge in [0, 0.05) is 43.7 Å². The molecule has 158 valence electrons. The lowest BCUT2D eigenvalue weighted by Gasteiger charge is -2.16. The molecule has 0 radical (unpaired) electrons. The molecule has 0 saturated carbocycles. The number of ketones is 1. The summed E-state index contributed by atoms with van der Waals surface area (Å²) in [6.45, 7) is 5.92. The fraction of sp³-hybridized carbons (Fsp3) is 0.375. The molecule has 1 aliphatic heterocycles. The molecule has 1 fully saturated rings. The highest BCUT2D eigenvalue weighted by Gasteiger charge is 2.17.